The van der Waals surface area contributed by atoms with Crippen molar-refractivity contribution in [2.75, 3.05) is 39.3 Å². The molecule has 0 fully saturated rings. The van der Waals surface area contributed by atoms with Gasteiger partial charge in [0.05, 0.1) is 38.0 Å². The van der Waals surface area contributed by atoms with E-state index in [9.17, 15) is 4.79 Å². The highest BCUT2D eigenvalue weighted by molar-refractivity contribution is 7.15. The molecule has 35 heavy (non-hydrogen) atoms. The van der Waals surface area contributed by atoms with Crippen LogP contribution in [-0.4, -0.2) is 55.9 Å². The summed E-state index contributed by atoms with van der Waals surface area (Å²) in [6, 6.07) is 11.2. The maximum atomic E-state index is 11.9. The first-order valence-electron chi connectivity index (χ1n) is 10.6. The fraction of sp³-hybridized carbons (Fsp3) is 0.304. The van der Waals surface area contributed by atoms with Crippen LogP contribution in [0.1, 0.15) is 16.1 Å². The van der Waals surface area contributed by atoms with Gasteiger partial charge in [-0.3, -0.25) is 4.79 Å². The molecule has 0 aliphatic heterocycles. The molecule has 0 saturated heterocycles. The molecule has 0 aliphatic carbocycles. The smallest absolute Gasteiger partial charge is 0.247 e. The van der Waals surface area contributed by atoms with E-state index in [-0.39, 0.29) is 18.9 Å². The Morgan fingerprint density at radius 2 is 1.91 bits per heavy atom. The molecule has 12 heteroatoms. The number of nitrogens with two attached hydrogens (primary N) is 1. The molecule has 1 amide bonds. The number of carbonyl (C=O) groups is 1. The Balaban J connectivity index is 1.42. The fourth-order valence-electron chi connectivity index (χ4n) is 2.88. The summed E-state index contributed by atoms with van der Waals surface area (Å²) in [7, 11) is 1.51. The number of hydrogen-bond acceptors (Lipinski definition) is 10. The van der Waals surface area contributed by atoms with Gasteiger partial charge in [0, 0.05) is 0 Å². The Morgan fingerprint density at radius 3 is 2.63 bits per heavy atom. The average molecular weight is 520 g/mol. The SMILES string of the molecule is COc1cc(/C=N\NC(=O)Cc2nnc(N)s2)cc(Cl)c1OCCOCCOc1ccccc1C. The number of hydrazone groups is 1. The number of benzene rings is 2. The number of anilines is 1. The number of para-hydroxylation sites is 1. The lowest BCUT2D eigenvalue weighted by Gasteiger charge is -2.13. The number of hydrogen-bond donors (Lipinski definition) is 2. The third-order valence-corrected chi connectivity index (χ3v) is 5.53. The Hall–Kier alpha value is -3.41. The normalized spacial score (nSPS) is 10.9. The summed E-state index contributed by atoms with van der Waals surface area (Å²) in [5.41, 5.74) is 9.61. The summed E-state index contributed by atoms with van der Waals surface area (Å²) in [6.45, 7) is 3.49. The average Bonchev–Trinajstić information content (AvgIpc) is 3.24. The number of nitrogens with one attached hydrogen (secondary N) is 1. The van der Waals surface area contributed by atoms with Crippen molar-refractivity contribution in [2.45, 2.75) is 13.3 Å². The molecular formula is C23H26ClN5O5S. The lowest BCUT2D eigenvalue weighted by molar-refractivity contribution is -0.120. The van der Waals surface area contributed by atoms with Crippen LogP contribution in [0.4, 0.5) is 5.13 Å². The van der Waals surface area contributed by atoms with E-state index < -0.39 is 0 Å². The summed E-state index contributed by atoms with van der Waals surface area (Å²) in [4.78, 5) is 11.9. The molecule has 0 radical (unpaired) electrons. The first kappa shape index (κ1) is 26.2. The monoisotopic (exact) mass is 519 g/mol. The molecule has 3 N–H and O–H groups in total. The maximum absolute atomic E-state index is 11.9. The van der Waals surface area contributed by atoms with Gasteiger partial charge in [0.15, 0.2) is 11.5 Å². The van der Waals surface area contributed by atoms with Crippen molar-refractivity contribution >= 4 is 40.2 Å². The van der Waals surface area contributed by atoms with Crippen molar-refractivity contribution in [3.8, 4) is 17.2 Å². The number of nitrogen functional groups attached to an aromatic ring is 1. The van der Waals surface area contributed by atoms with Crippen LogP contribution in [0.15, 0.2) is 41.5 Å². The molecule has 3 rings (SSSR count). The Bertz CT molecular complexity index is 1160. The second-order valence-corrected chi connectivity index (χ2v) is 8.61. The third-order valence-electron chi connectivity index (χ3n) is 4.50. The van der Waals surface area contributed by atoms with Gasteiger partial charge < -0.3 is 24.7 Å². The first-order chi connectivity index (χ1) is 17.0. The predicted molar refractivity (Wildman–Crippen MR) is 135 cm³/mol. The lowest BCUT2D eigenvalue weighted by atomic mass is 10.2. The van der Waals surface area contributed by atoms with E-state index in [0.29, 0.717) is 52.0 Å². The van der Waals surface area contributed by atoms with Crippen molar-refractivity contribution in [1.29, 1.82) is 0 Å². The number of carbonyl (C=O) groups excluding carboxylic acids is 1. The third kappa shape index (κ3) is 8.39. The minimum absolute atomic E-state index is 0.0309. The summed E-state index contributed by atoms with van der Waals surface area (Å²) < 4.78 is 22.4. The van der Waals surface area contributed by atoms with Gasteiger partial charge in [0.25, 0.3) is 0 Å². The molecule has 0 atom stereocenters. The number of aryl methyl sites for hydroxylation is 1. The fourth-order valence-corrected chi connectivity index (χ4v) is 3.76. The quantitative estimate of drug-likeness (QED) is 0.200. The molecule has 0 aliphatic rings. The summed E-state index contributed by atoms with van der Waals surface area (Å²) in [5, 5.41) is 12.5. The van der Waals surface area contributed by atoms with Crippen LogP contribution in [0.2, 0.25) is 5.02 Å². The Morgan fingerprint density at radius 1 is 1.14 bits per heavy atom. The van der Waals surface area contributed by atoms with Crippen LogP contribution in [0.3, 0.4) is 0 Å². The van der Waals surface area contributed by atoms with E-state index in [4.69, 9.17) is 36.3 Å². The summed E-state index contributed by atoms with van der Waals surface area (Å²) >= 11 is 7.51. The van der Waals surface area contributed by atoms with Gasteiger partial charge in [-0.05, 0) is 36.2 Å². The van der Waals surface area contributed by atoms with Crippen LogP contribution < -0.4 is 25.4 Å². The van der Waals surface area contributed by atoms with E-state index in [1.54, 1.807) is 12.1 Å². The van der Waals surface area contributed by atoms with Crippen molar-refractivity contribution in [1.82, 2.24) is 15.6 Å². The second kappa shape index (κ2) is 13.5. The number of methoxy groups -OCH3 is 1. The minimum Gasteiger partial charge on any atom is -0.493 e. The summed E-state index contributed by atoms with van der Waals surface area (Å²) in [6.07, 6.45) is 1.48. The molecule has 0 spiro atoms. The highest BCUT2D eigenvalue weighted by Crippen LogP contribution is 2.36. The molecule has 1 heterocycles. The molecule has 0 unspecified atom stereocenters. The van der Waals surface area contributed by atoms with E-state index in [1.807, 2.05) is 31.2 Å². The maximum Gasteiger partial charge on any atom is 0.247 e. The van der Waals surface area contributed by atoms with E-state index in [2.05, 4.69) is 20.7 Å². The Labute approximate surface area is 212 Å². The Kier molecular flexibility index (Phi) is 10.1. The van der Waals surface area contributed by atoms with E-state index >= 15 is 0 Å². The van der Waals surface area contributed by atoms with Crippen molar-refractivity contribution in [2.24, 2.45) is 5.10 Å². The molecule has 186 valence electrons. The number of rotatable bonds is 13. The van der Waals surface area contributed by atoms with Gasteiger partial charge in [-0.25, -0.2) is 5.43 Å². The second-order valence-electron chi connectivity index (χ2n) is 7.11. The van der Waals surface area contributed by atoms with Crippen molar-refractivity contribution in [3.05, 3.63) is 57.6 Å². The zero-order valence-corrected chi connectivity index (χ0v) is 20.9. The van der Waals surface area contributed by atoms with Crippen LogP contribution in [0.25, 0.3) is 0 Å². The molecular weight excluding hydrogens is 494 g/mol. The standard InChI is InChI=1S/C23H26ClN5O5S/c1-15-5-3-4-6-18(15)33-9-7-32-8-10-34-22-17(24)11-16(12-19(22)31-2)14-26-27-20(30)13-21-28-29-23(25)35-21/h3-6,11-12,14H,7-10,13H2,1-2H3,(H2,25,29)(H,27,30)/b26-14-. The van der Waals surface area contributed by atoms with Gasteiger partial charge >= 0.3 is 0 Å². The van der Waals surface area contributed by atoms with Crippen LogP contribution >= 0.6 is 22.9 Å². The number of halogens is 1. The van der Waals surface area contributed by atoms with Gasteiger partial charge in [-0.15, -0.1) is 10.2 Å². The first-order valence-corrected chi connectivity index (χ1v) is 11.8. The number of aromatic nitrogens is 2. The van der Waals surface area contributed by atoms with Crippen molar-refractivity contribution in [3.63, 3.8) is 0 Å². The molecule has 0 bridgehead atoms. The minimum atomic E-state index is -0.347. The molecule has 2 aromatic carbocycles. The van der Waals surface area contributed by atoms with E-state index in [0.717, 1.165) is 22.6 Å². The van der Waals surface area contributed by atoms with Gasteiger partial charge in [-0.1, -0.05) is 41.1 Å². The number of nitrogens with zero attached hydrogens (tertiary/aromatic N) is 3. The topological polar surface area (TPSA) is 130 Å². The zero-order chi connectivity index (χ0) is 25.0. The number of amides is 1. The summed E-state index contributed by atoms with van der Waals surface area (Å²) in [5.74, 6) is 1.32. The lowest BCUT2D eigenvalue weighted by Crippen LogP contribution is -2.19. The molecule has 10 nitrogen and oxygen atoms in total. The highest BCUT2D eigenvalue weighted by atomic mass is 35.5. The van der Waals surface area contributed by atoms with Crippen LogP contribution in [0, 0.1) is 6.92 Å². The van der Waals surface area contributed by atoms with Crippen LogP contribution in [-0.2, 0) is 16.0 Å². The van der Waals surface area contributed by atoms with E-state index in [1.165, 1.54) is 13.3 Å². The van der Waals surface area contributed by atoms with Crippen LogP contribution in [0.5, 0.6) is 17.2 Å². The molecule has 3 aromatic rings. The highest BCUT2D eigenvalue weighted by Gasteiger charge is 2.12. The molecule has 0 saturated carbocycles. The van der Waals surface area contributed by atoms with Gasteiger partial charge in [0.1, 0.15) is 24.0 Å². The van der Waals surface area contributed by atoms with Crippen molar-refractivity contribution < 1.29 is 23.7 Å². The zero-order valence-electron chi connectivity index (χ0n) is 19.3. The number of ether oxygens (including phenoxy) is 4. The molecule has 1 aromatic heterocycles. The largest absolute Gasteiger partial charge is 0.493 e. The van der Waals surface area contributed by atoms with Gasteiger partial charge in [0.2, 0.25) is 11.0 Å². The predicted octanol–water partition coefficient (Wildman–Crippen LogP) is 3.26. The van der Waals surface area contributed by atoms with Gasteiger partial charge in [-0.2, -0.15) is 5.10 Å².